The van der Waals surface area contributed by atoms with Crippen molar-refractivity contribution in [1.29, 1.82) is 0 Å². The summed E-state index contributed by atoms with van der Waals surface area (Å²) in [5, 5.41) is 13.8. The van der Waals surface area contributed by atoms with Crippen molar-refractivity contribution < 1.29 is 13.9 Å². The van der Waals surface area contributed by atoms with E-state index >= 15 is 0 Å². The molecule has 0 aliphatic rings. The van der Waals surface area contributed by atoms with E-state index in [2.05, 4.69) is 36.8 Å². The van der Waals surface area contributed by atoms with Gasteiger partial charge in [-0.1, -0.05) is 17.7 Å². The molecule has 1 aromatic heterocycles. The van der Waals surface area contributed by atoms with Crippen LogP contribution >= 0.6 is 27.5 Å². The van der Waals surface area contributed by atoms with Crippen molar-refractivity contribution in [3.63, 3.8) is 0 Å². The highest BCUT2D eigenvalue weighted by atomic mass is 79.9. The molecule has 0 spiro atoms. The van der Waals surface area contributed by atoms with Gasteiger partial charge >= 0.3 is 0 Å². The highest BCUT2D eigenvalue weighted by Crippen LogP contribution is 2.29. The van der Waals surface area contributed by atoms with Gasteiger partial charge in [-0.2, -0.15) is 4.68 Å². The summed E-state index contributed by atoms with van der Waals surface area (Å²) in [6, 6.07) is 7.66. The fraction of sp³-hybridized carbons (Fsp3) is 0.125. The Morgan fingerprint density at radius 2 is 2.19 bits per heavy atom. The molecule has 0 saturated heterocycles. The summed E-state index contributed by atoms with van der Waals surface area (Å²) in [6.45, 7) is 0.151. The number of hydrogen-bond donors (Lipinski definition) is 1. The summed E-state index contributed by atoms with van der Waals surface area (Å²) in [6.07, 6.45) is 1.38. The van der Waals surface area contributed by atoms with E-state index in [-0.39, 0.29) is 17.1 Å². The van der Waals surface area contributed by atoms with Gasteiger partial charge in [0.25, 0.3) is 5.91 Å². The number of nitrogens with zero attached hydrogens (tertiary/aromatic N) is 4. The van der Waals surface area contributed by atoms with Crippen molar-refractivity contribution in [3.8, 4) is 11.4 Å². The summed E-state index contributed by atoms with van der Waals surface area (Å²) < 4.78 is 20.6. The zero-order chi connectivity index (χ0) is 18.7. The molecule has 0 aliphatic heterocycles. The molecule has 0 aliphatic carbocycles. The van der Waals surface area contributed by atoms with E-state index in [4.69, 9.17) is 16.3 Å². The number of methoxy groups -OCH3 is 1. The molecular formula is C16H12BrClFN5O2. The standard InChI is InChI=1S/C16H12BrClFN5O2/c1-26-15-6-14(24-8-21-22-23-24)12(18)5-10(15)16(25)20-7-9-2-3-11(17)13(19)4-9/h2-6,8H,7H2,1H3,(H,20,25). The van der Waals surface area contributed by atoms with Crippen LogP contribution < -0.4 is 10.1 Å². The fourth-order valence-electron chi connectivity index (χ4n) is 2.26. The molecule has 7 nitrogen and oxygen atoms in total. The number of aromatic nitrogens is 4. The van der Waals surface area contributed by atoms with Crippen molar-refractivity contribution in [1.82, 2.24) is 25.5 Å². The summed E-state index contributed by atoms with van der Waals surface area (Å²) in [4.78, 5) is 12.5. The Balaban J connectivity index is 1.82. The second kappa shape index (κ2) is 7.79. The zero-order valence-electron chi connectivity index (χ0n) is 13.4. The number of carbonyl (C=O) groups is 1. The van der Waals surface area contributed by atoms with Gasteiger partial charge in [-0.3, -0.25) is 4.79 Å². The molecule has 1 amide bonds. The van der Waals surface area contributed by atoms with E-state index in [0.717, 1.165) is 0 Å². The van der Waals surface area contributed by atoms with Crippen LogP contribution in [0.15, 0.2) is 41.1 Å². The molecule has 10 heteroatoms. The van der Waals surface area contributed by atoms with Crippen molar-refractivity contribution in [2.45, 2.75) is 6.54 Å². The third-order valence-corrected chi connectivity index (χ3v) is 4.49. The molecular weight excluding hydrogens is 429 g/mol. The molecule has 0 saturated carbocycles. The predicted molar refractivity (Wildman–Crippen MR) is 96.0 cm³/mol. The molecule has 0 fully saturated rings. The molecule has 0 bridgehead atoms. The first-order valence-corrected chi connectivity index (χ1v) is 8.49. The minimum absolute atomic E-state index is 0.151. The highest BCUT2D eigenvalue weighted by molar-refractivity contribution is 9.10. The average Bonchev–Trinajstić information content (AvgIpc) is 3.16. The third kappa shape index (κ3) is 3.83. The lowest BCUT2D eigenvalue weighted by Gasteiger charge is -2.12. The van der Waals surface area contributed by atoms with Crippen LogP contribution in [0.1, 0.15) is 15.9 Å². The first-order chi connectivity index (χ1) is 12.5. The normalized spacial score (nSPS) is 10.6. The van der Waals surface area contributed by atoms with E-state index in [1.807, 2.05) is 0 Å². The largest absolute Gasteiger partial charge is 0.496 e. The minimum Gasteiger partial charge on any atom is -0.496 e. The molecule has 1 heterocycles. The SMILES string of the molecule is COc1cc(-n2cnnn2)c(Cl)cc1C(=O)NCc1ccc(Br)c(F)c1. The van der Waals surface area contributed by atoms with E-state index in [1.54, 1.807) is 18.2 Å². The van der Waals surface area contributed by atoms with Gasteiger partial charge in [0.1, 0.15) is 17.9 Å². The Bertz CT molecular complexity index is 952. The van der Waals surface area contributed by atoms with E-state index in [1.165, 1.54) is 30.3 Å². The predicted octanol–water partition coefficient (Wildman–Crippen LogP) is 3.16. The van der Waals surface area contributed by atoms with E-state index in [0.29, 0.717) is 21.5 Å². The molecule has 2 aromatic carbocycles. The zero-order valence-corrected chi connectivity index (χ0v) is 15.8. The molecule has 0 atom stereocenters. The maximum atomic E-state index is 13.6. The van der Waals surface area contributed by atoms with Crippen LogP contribution in [0.3, 0.4) is 0 Å². The smallest absolute Gasteiger partial charge is 0.255 e. The van der Waals surface area contributed by atoms with Gasteiger partial charge in [-0.25, -0.2) is 4.39 Å². The van der Waals surface area contributed by atoms with E-state index in [9.17, 15) is 9.18 Å². The monoisotopic (exact) mass is 439 g/mol. The quantitative estimate of drug-likeness (QED) is 0.659. The van der Waals surface area contributed by atoms with Crippen molar-refractivity contribution in [2.75, 3.05) is 7.11 Å². The topological polar surface area (TPSA) is 81.9 Å². The average molecular weight is 441 g/mol. The molecule has 3 rings (SSSR count). The number of halogens is 3. The molecule has 0 radical (unpaired) electrons. The number of carbonyl (C=O) groups excluding carboxylic acids is 1. The van der Waals surface area contributed by atoms with Crippen LogP contribution in [-0.2, 0) is 6.54 Å². The molecule has 3 aromatic rings. The second-order valence-electron chi connectivity index (χ2n) is 5.19. The van der Waals surface area contributed by atoms with Gasteiger partial charge < -0.3 is 10.1 Å². The van der Waals surface area contributed by atoms with E-state index < -0.39 is 11.7 Å². The number of hydrogen-bond acceptors (Lipinski definition) is 5. The number of ether oxygens (including phenoxy) is 1. The van der Waals surface area contributed by atoms with Crippen molar-refractivity contribution in [2.24, 2.45) is 0 Å². The molecule has 1 N–H and O–H groups in total. The lowest BCUT2D eigenvalue weighted by Crippen LogP contribution is -2.23. The number of rotatable bonds is 5. The van der Waals surface area contributed by atoms with Gasteiger partial charge in [0.15, 0.2) is 0 Å². The van der Waals surface area contributed by atoms with Gasteiger partial charge in [-0.15, -0.1) is 5.10 Å². The summed E-state index contributed by atoms with van der Waals surface area (Å²) >= 11 is 9.33. The summed E-state index contributed by atoms with van der Waals surface area (Å²) in [5.41, 5.74) is 1.33. The van der Waals surface area contributed by atoms with Crippen LogP contribution in [-0.4, -0.2) is 33.2 Å². The second-order valence-corrected chi connectivity index (χ2v) is 6.45. The maximum Gasteiger partial charge on any atom is 0.255 e. The number of amides is 1. The minimum atomic E-state index is -0.407. The first kappa shape index (κ1) is 18.3. The van der Waals surface area contributed by atoms with Crippen molar-refractivity contribution >= 4 is 33.4 Å². The van der Waals surface area contributed by atoms with Gasteiger partial charge in [0, 0.05) is 12.6 Å². The lowest BCUT2D eigenvalue weighted by atomic mass is 10.1. The number of benzene rings is 2. The summed E-state index contributed by atoms with van der Waals surface area (Å²) in [5.74, 6) is -0.502. The Labute approximate surface area is 161 Å². The van der Waals surface area contributed by atoms with Gasteiger partial charge in [0.2, 0.25) is 0 Å². The van der Waals surface area contributed by atoms with Gasteiger partial charge in [0.05, 0.1) is 27.9 Å². The first-order valence-electron chi connectivity index (χ1n) is 7.32. The van der Waals surface area contributed by atoms with Crippen LogP contribution in [0.4, 0.5) is 4.39 Å². The maximum absolute atomic E-state index is 13.6. The highest BCUT2D eigenvalue weighted by Gasteiger charge is 2.17. The number of nitrogens with one attached hydrogen (secondary N) is 1. The lowest BCUT2D eigenvalue weighted by molar-refractivity contribution is 0.0948. The third-order valence-electron chi connectivity index (χ3n) is 3.55. The Hall–Kier alpha value is -2.52. The number of tetrazole rings is 1. The molecule has 134 valence electrons. The van der Waals surface area contributed by atoms with Crippen molar-refractivity contribution in [3.05, 3.63) is 63.1 Å². The Kier molecular flexibility index (Phi) is 5.48. The Morgan fingerprint density at radius 1 is 1.38 bits per heavy atom. The fourth-order valence-corrected chi connectivity index (χ4v) is 2.76. The summed E-state index contributed by atoms with van der Waals surface area (Å²) in [7, 11) is 1.44. The van der Waals surface area contributed by atoms with Crippen LogP contribution in [0.5, 0.6) is 5.75 Å². The van der Waals surface area contributed by atoms with Gasteiger partial charge in [-0.05, 0) is 50.1 Å². The van der Waals surface area contributed by atoms with Crippen LogP contribution in [0.2, 0.25) is 5.02 Å². The Morgan fingerprint density at radius 3 is 2.85 bits per heavy atom. The molecule has 26 heavy (non-hydrogen) atoms. The van der Waals surface area contributed by atoms with Crippen LogP contribution in [0, 0.1) is 5.82 Å². The van der Waals surface area contributed by atoms with Crippen LogP contribution in [0.25, 0.3) is 5.69 Å². The molecule has 0 unspecified atom stereocenters.